The van der Waals surface area contributed by atoms with E-state index >= 15 is 0 Å². The third kappa shape index (κ3) is 4.72. The number of hydrogen-bond donors (Lipinski definition) is 1. The van der Waals surface area contributed by atoms with Gasteiger partial charge in [0.2, 0.25) is 5.91 Å². The minimum Gasteiger partial charge on any atom is -0.351 e. The first kappa shape index (κ1) is 18.5. The molecule has 1 fully saturated rings. The number of amides is 1. The molecule has 27 heavy (non-hydrogen) atoms. The average Bonchev–Trinajstić information content (AvgIpc) is 3.22. The summed E-state index contributed by atoms with van der Waals surface area (Å²) in [5, 5.41) is 15.2. The quantitative estimate of drug-likeness (QED) is 0.553. The first-order chi connectivity index (χ1) is 13.2. The van der Waals surface area contributed by atoms with Crippen LogP contribution in [0.15, 0.2) is 46.9 Å². The van der Waals surface area contributed by atoms with E-state index in [1.54, 1.807) is 11.3 Å². The van der Waals surface area contributed by atoms with E-state index in [9.17, 15) is 4.79 Å². The van der Waals surface area contributed by atoms with Crippen LogP contribution in [0, 0.1) is 0 Å². The van der Waals surface area contributed by atoms with E-state index < -0.39 is 0 Å². The van der Waals surface area contributed by atoms with Crippen LogP contribution in [0.1, 0.15) is 35.1 Å². The largest absolute Gasteiger partial charge is 0.351 e. The van der Waals surface area contributed by atoms with E-state index in [-0.39, 0.29) is 5.91 Å². The van der Waals surface area contributed by atoms with Crippen LogP contribution in [0.25, 0.3) is 0 Å². The predicted molar refractivity (Wildman–Crippen MR) is 109 cm³/mol. The Bertz CT molecular complexity index is 922. The average molecular weight is 419 g/mol. The number of nitrogens with zero attached hydrogens (tertiary/aromatic N) is 3. The van der Waals surface area contributed by atoms with Crippen LogP contribution < -0.4 is 5.32 Å². The molecular formula is C19H19ClN4OS2. The van der Waals surface area contributed by atoms with E-state index in [4.69, 9.17) is 11.6 Å². The highest BCUT2D eigenvalue weighted by atomic mass is 35.5. The Balaban J connectivity index is 1.36. The SMILES string of the molecule is O=C(CSc1nnc(Cc2cccs2)n1C1CC1)NCc1ccccc1Cl. The van der Waals surface area contributed by atoms with Gasteiger partial charge in [-0.05, 0) is 35.9 Å². The van der Waals surface area contributed by atoms with Crippen LogP contribution in [0.4, 0.5) is 0 Å². The molecule has 4 rings (SSSR count). The molecule has 1 aromatic carbocycles. The first-order valence-electron chi connectivity index (χ1n) is 8.80. The number of thiophene rings is 1. The first-order valence-corrected chi connectivity index (χ1v) is 11.0. The molecule has 140 valence electrons. The van der Waals surface area contributed by atoms with E-state index in [1.165, 1.54) is 16.6 Å². The summed E-state index contributed by atoms with van der Waals surface area (Å²) >= 11 is 9.30. The fourth-order valence-electron chi connectivity index (χ4n) is 2.81. The predicted octanol–water partition coefficient (Wildman–Crippen LogP) is 4.33. The van der Waals surface area contributed by atoms with Gasteiger partial charge in [0.25, 0.3) is 0 Å². The number of carbonyl (C=O) groups excluding carboxylic acids is 1. The van der Waals surface area contributed by atoms with Gasteiger partial charge in [-0.25, -0.2) is 0 Å². The summed E-state index contributed by atoms with van der Waals surface area (Å²) in [7, 11) is 0. The minimum absolute atomic E-state index is 0.0370. The molecule has 0 aliphatic heterocycles. The third-order valence-electron chi connectivity index (χ3n) is 4.33. The molecule has 0 unspecified atom stereocenters. The lowest BCUT2D eigenvalue weighted by molar-refractivity contribution is -0.118. The van der Waals surface area contributed by atoms with Crippen molar-refractivity contribution >= 4 is 40.6 Å². The molecule has 0 radical (unpaired) electrons. The molecule has 0 spiro atoms. The van der Waals surface area contributed by atoms with Gasteiger partial charge < -0.3 is 9.88 Å². The number of hydrogen-bond acceptors (Lipinski definition) is 5. The zero-order valence-electron chi connectivity index (χ0n) is 14.6. The second kappa shape index (κ2) is 8.46. The Kier molecular flexibility index (Phi) is 5.80. The summed E-state index contributed by atoms with van der Waals surface area (Å²) in [6.07, 6.45) is 3.10. The number of nitrogens with one attached hydrogen (secondary N) is 1. The van der Waals surface area contributed by atoms with Crippen molar-refractivity contribution in [2.24, 2.45) is 0 Å². The Morgan fingerprint density at radius 3 is 2.85 bits per heavy atom. The molecule has 0 saturated heterocycles. The van der Waals surface area contributed by atoms with Gasteiger partial charge in [-0.15, -0.1) is 21.5 Å². The molecule has 2 heterocycles. The summed E-state index contributed by atoms with van der Waals surface area (Å²) < 4.78 is 2.21. The third-order valence-corrected chi connectivity index (χ3v) is 6.51. The highest BCUT2D eigenvalue weighted by Gasteiger charge is 2.29. The summed E-state index contributed by atoms with van der Waals surface area (Å²) in [5.74, 6) is 1.26. The van der Waals surface area contributed by atoms with E-state index in [0.29, 0.717) is 23.4 Å². The van der Waals surface area contributed by atoms with Crippen LogP contribution in [-0.2, 0) is 17.8 Å². The van der Waals surface area contributed by atoms with Crippen LogP contribution >= 0.6 is 34.7 Å². The maximum atomic E-state index is 12.2. The van der Waals surface area contributed by atoms with E-state index in [0.717, 1.165) is 35.8 Å². The van der Waals surface area contributed by atoms with Crippen LogP contribution in [-0.4, -0.2) is 26.4 Å². The lowest BCUT2D eigenvalue weighted by Gasteiger charge is -2.09. The van der Waals surface area contributed by atoms with Gasteiger partial charge in [0.15, 0.2) is 5.16 Å². The van der Waals surface area contributed by atoms with Gasteiger partial charge in [-0.2, -0.15) is 0 Å². The molecule has 1 aliphatic rings. The smallest absolute Gasteiger partial charge is 0.230 e. The number of benzene rings is 1. The van der Waals surface area contributed by atoms with Crippen molar-refractivity contribution in [3.8, 4) is 0 Å². The van der Waals surface area contributed by atoms with Crippen molar-refractivity contribution < 1.29 is 4.79 Å². The molecule has 2 aromatic heterocycles. The van der Waals surface area contributed by atoms with Gasteiger partial charge in [-0.1, -0.05) is 47.6 Å². The molecule has 1 amide bonds. The van der Waals surface area contributed by atoms with Crippen molar-refractivity contribution in [1.82, 2.24) is 20.1 Å². The summed E-state index contributed by atoms with van der Waals surface area (Å²) in [5.41, 5.74) is 0.914. The number of halogens is 1. The second-order valence-corrected chi connectivity index (χ2v) is 8.79. The lowest BCUT2D eigenvalue weighted by Crippen LogP contribution is -2.24. The fourth-order valence-corrected chi connectivity index (χ4v) is 4.57. The zero-order chi connectivity index (χ0) is 18.6. The normalized spacial score (nSPS) is 13.7. The minimum atomic E-state index is -0.0370. The van der Waals surface area contributed by atoms with Gasteiger partial charge in [-0.3, -0.25) is 4.79 Å². The monoisotopic (exact) mass is 418 g/mol. The van der Waals surface area contributed by atoms with Crippen LogP contribution in [0.5, 0.6) is 0 Å². The maximum Gasteiger partial charge on any atom is 0.230 e. The molecular weight excluding hydrogens is 400 g/mol. The van der Waals surface area contributed by atoms with Gasteiger partial charge in [0.1, 0.15) is 5.82 Å². The van der Waals surface area contributed by atoms with Crippen LogP contribution in [0.2, 0.25) is 5.02 Å². The standard InChI is InChI=1S/C19H19ClN4OS2/c20-16-6-2-1-4-13(16)11-21-18(25)12-27-19-23-22-17(24(19)14-7-8-14)10-15-5-3-9-26-15/h1-6,9,14H,7-8,10-12H2,(H,21,25). The molecule has 8 heteroatoms. The Morgan fingerprint density at radius 2 is 2.11 bits per heavy atom. The summed E-state index contributed by atoms with van der Waals surface area (Å²) in [6.45, 7) is 0.429. The van der Waals surface area contributed by atoms with Crippen molar-refractivity contribution in [3.05, 3.63) is 63.1 Å². The molecule has 1 saturated carbocycles. The molecule has 3 aromatic rings. The topological polar surface area (TPSA) is 59.8 Å². The fraction of sp³-hybridized carbons (Fsp3) is 0.316. The van der Waals surface area contributed by atoms with Crippen molar-refractivity contribution in [2.75, 3.05) is 5.75 Å². The van der Waals surface area contributed by atoms with Crippen molar-refractivity contribution in [1.29, 1.82) is 0 Å². The van der Waals surface area contributed by atoms with E-state index in [1.807, 2.05) is 24.3 Å². The Hall–Kier alpha value is -1.83. The maximum absolute atomic E-state index is 12.2. The highest BCUT2D eigenvalue weighted by Crippen LogP contribution is 2.39. The number of rotatable bonds is 8. The highest BCUT2D eigenvalue weighted by molar-refractivity contribution is 7.99. The number of carbonyl (C=O) groups is 1. The van der Waals surface area contributed by atoms with Crippen LogP contribution in [0.3, 0.4) is 0 Å². The number of aromatic nitrogens is 3. The molecule has 1 N–H and O–H groups in total. The zero-order valence-corrected chi connectivity index (χ0v) is 17.0. The summed E-state index contributed by atoms with van der Waals surface area (Å²) in [4.78, 5) is 13.5. The second-order valence-electron chi connectivity index (χ2n) is 6.41. The number of thioether (sulfide) groups is 1. The van der Waals surface area contributed by atoms with E-state index in [2.05, 4.69) is 37.6 Å². The molecule has 0 bridgehead atoms. The van der Waals surface area contributed by atoms with Gasteiger partial charge in [0, 0.05) is 28.9 Å². The lowest BCUT2D eigenvalue weighted by atomic mass is 10.2. The Labute approximate surface area is 171 Å². The van der Waals surface area contributed by atoms with Gasteiger partial charge in [0.05, 0.1) is 5.75 Å². The molecule has 5 nitrogen and oxygen atoms in total. The Morgan fingerprint density at radius 1 is 1.26 bits per heavy atom. The summed E-state index contributed by atoms with van der Waals surface area (Å²) in [6, 6.07) is 12.2. The molecule has 0 atom stereocenters. The van der Waals surface area contributed by atoms with Gasteiger partial charge >= 0.3 is 0 Å². The van der Waals surface area contributed by atoms with Crippen molar-refractivity contribution in [3.63, 3.8) is 0 Å². The van der Waals surface area contributed by atoms with Crippen molar-refractivity contribution in [2.45, 2.75) is 37.0 Å². The molecule has 1 aliphatic carbocycles.